The van der Waals surface area contributed by atoms with E-state index in [0.29, 0.717) is 6.42 Å². The lowest BCUT2D eigenvalue weighted by Gasteiger charge is -2.39. The molecular formula is C18H26O10. The number of aliphatic hydroxyl groups is 4. The average Bonchev–Trinajstić information content (AvgIpc) is 2.72. The minimum Gasteiger partial charge on any atom is -0.493 e. The summed E-state index contributed by atoms with van der Waals surface area (Å²) >= 11 is 0. The van der Waals surface area contributed by atoms with Gasteiger partial charge in [-0.3, -0.25) is 4.79 Å². The highest BCUT2D eigenvalue weighted by Crippen LogP contribution is 2.40. The highest BCUT2D eigenvalue weighted by Gasteiger charge is 2.45. The molecule has 0 aromatic heterocycles. The average molecular weight is 402 g/mol. The Morgan fingerprint density at radius 3 is 2.14 bits per heavy atom. The van der Waals surface area contributed by atoms with Crippen LogP contribution in [0.2, 0.25) is 0 Å². The third-order valence-corrected chi connectivity index (χ3v) is 4.45. The molecule has 158 valence electrons. The predicted molar refractivity (Wildman–Crippen MR) is 94.3 cm³/mol. The van der Waals surface area contributed by atoms with Crippen LogP contribution in [0.1, 0.15) is 12.0 Å². The van der Waals surface area contributed by atoms with E-state index in [4.69, 9.17) is 18.9 Å². The number of ether oxygens (including phenoxy) is 5. The summed E-state index contributed by atoms with van der Waals surface area (Å²) in [6.07, 6.45) is -6.61. The number of carbonyl (C=O) groups is 1. The van der Waals surface area contributed by atoms with Crippen molar-refractivity contribution >= 4 is 5.97 Å². The monoisotopic (exact) mass is 402 g/mol. The van der Waals surface area contributed by atoms with Crippen LogP contribution in [0.15, 0.2) is 12.1 Å². The lowest BCUT2D eigenvalue weighted by atomic mass is 9.99. The van der Waals surface area contributed by atoms with Crippen LogP contribution in [0.25, 0.3) is 0 Å². The third-order valence-electron chi connectivity index (χ3n) is 4.45. The molecule has 1 saturated heterocycles. The number of aryl methyl sites for hydroxylation is 1. The van der Waals surface area contributed by atoms with Gasteiger partial charge < -0.3 is 44.1 Å². The smallest absolute Gasteiger partial charge is 0.305 e. The van der Waals surface area contributed by atoms with Crippen LogP contribution in [-0.2, 0) is 20.7 Å². The second-order valence-corrected chi connectivity index (χ2v) is 6.22. The van der Waals surface area contributed by atoms with E-state index in [9.17, 15) is 25.2 Å². The van der Waals surface area contributed by atoms with Crippen LogP contribution in [0.3, 0.4) is 0 Å². The van der Waals surface area contributed by atoms with Crippen LogP contribution in [0.4, 0.5) is 0 Å². The molecule has 1 aromatic carbocycles. The summed E-state index contributed by atoms with van der Waals surface area (Å²) in [6, 6.07) is 3.26. The van der Waals surface area contributed by atoms with Crippen molar-refractivity contribution in [3.05, 3.63) is 17.7 Å². The number of aliphatic hydroxyl groups excluding tert-OH is 4. The molecule has 2 rings (SSSR count). The second kappa shape index (κ2) is 9.89. The van der Waals surface area contributed by atoms with Gasteiger partial charge in [-0.2, -0.15) is 0 Å². The Balaban J connectivity index is 2.27. The lowest BCUT2D eigenvalue weighted by Crippen LogP contribution is -2.60. The zero-order chi connectivity index (χ0) is 20.8. The second-order valence-electron chi connectivity index (χ2n) is 6.22. The summed E-state index contributed by atoms with van der Waals surface area (Å²) in [5, 5.41) is 39.2. The summed E-state index contributed by atoms with van der Waals surface area (Å²) in [4.78, 5) is 11.4. The first-order valence-corrected chi connectivity index (χ1v) is 8.65. The predicted octanol–water partition coefficient (Wildman–Crippen LogP) is -1.01. The summed E-state index contributed by atoms with van der Waals surface area (Å²) in [7, 11) is 4.11. The van der Waals surface area contributed by atoms with Gasteiger partial charge in [0.1, 0.15) is 24.4 Å². The Morgan fingerprint density at radius 2 is 1.64 bits per heavy atom. The molecule has 0 unspecified atom stereocenters. The van der Waals surface area contributed by atoms with E-state index < -0.39 is 37.3 Å². The van der Waals surface area contributed by atoms with Gasteiger partial charge in [-0.25, -0.2) is 0 Å². The van der Waals surface area contributed by atoms with Crippen molar-refractivity contribution in [3.63, 3.8) is 0 Å². The summed E-state index contributed by atoms with van der Waals surface area (Å²) in [5.41, 5.74) is 0.722. The van der Waals surface area contributed by atoms with E-state index >= 15 is 0 Å². The number of rotatable bonds is 8. The van der Waals surface area contributed by atoms with E-state index in [1.165, 1.54) is 21.3 Å². The van der Waals surface area contributed by atoms with Crippen molar-refractivity contribution in [2.45, 2.75) is 43.5 Å². The van der Waals surface area contributed by atoms with Crippen LogP contribution < -0.4 is 14.2 Å². The zero-order valence-corrected chi connectivity index (χ0v) is 15.9. The van der Waals surface area contributed by atoms with E-state index in [1.807, 2.05) is 0 Å². The van der Waals surface area contributed by atoms with E-state index in [2.05, 4.69) is 4.74 Å². The normalized spacial score (nSPS) is 27.2. The first kappa shape index (κ1) is 22.2. The van der Waals surface area contributed by atoms with Crippen LogP contribution in [0.5, 0.6) is 17.2 Å². The van der Waals surface area contributed by atoms with Crippen molar-refractivity contribution in [3.8, 4) is 17.2 Å². The molecule has 0 spiro atoms. The van der Waals surface area contributed by atoms with Crippen LogP contribution in [0, 0.1) is 0 Å². The minimum atomic E-state index is -1.58. The van der Waals surface area contributed by atoms with Gasteiger partial charge in [0.15, 0.2) is 11.5 Å². The first-order chi connectivity index (χ1) is 13.4. The number of methoxy groups -OCH3 is 3. The largest absolute Gasteiger partial charge is 0.493 e. The molecule has 1 aliphatic rings. The number of esters is 1. The van der Waals surface area contributed by atoms with Crippen molar-refractivity contribution in [2.24, 2.45) is 0 Å². The van der Waals surface area contributed by atoms with Gasteiger partial charge in [-0.05, 0) is 24.1 Å². The first-order valence-electron chi connectivity index (χ1n) is 8.65. The Bertz CT molecular complexity index is 637. The topological polar surface area (TPSA) is 144 Å². The maximum Gasteiger partial charge on any atom is 0.305 e. The summed E-state index contributed by atoms with van der Waals surface area (Å²) < 4.78 is 26.3. The van der Waals surface area contributed by atoms with Gasteiger partial charge in [0.25, 0.3) is 0 Å². The Hall–Kier alpha value is -2.11. The van der Waals surface area contributed by atoms with Gasteiger partial charge in [0, 0.05) is 6.42 Å². The molecule has 1 heterocycles. The van der Waals surface area contributed by atoms with Gasteiger partial charge in [0.2, 0.25) is 12.0 Å². The van der Waals surface area contributed by atoms with Crippen molar-refractivity contribution in [1.29, 1.82) is 0 Å². The standard InChI is InChI=1S/C18H26O10/c1-24-10-6-9(4-5-13(20)26-3)7-11(25-2)17(10)28-18-16(23)15(22)14(21)12(8-19)27-18/h6-7,12,14-16,18-19,21-23H,4-5,8H2,1-3H3/t12-,14-,15+,16-,18+/m1/s1. The SMILES string of the molecule is COC(=O)CCc1cc(OC)c(O[C@@H]2O[C@H](CO)[C@@H](O)[C@H](O)[C@H]2O)c(OC)c1. The van der Waals surface area contributed by atoms with Crippen molar-refractivity contribution in [1.82, 2.24) is 0 Å². The molecule has 0 bridgehead atoms. The molecule has 0 aliphatic carbocycles. The van der Waals surface area contributed by atoms with Gasteiger partial charge >= 0.3 is 5.97 Å². The molecule has 0 amide bonds. The fourth-order valence-electron chi connectivity index (χ4n) is 2.82. The quantitative estimate of drug-likeness (QED) is 0.399. The highest BCUT2D eigenvalue weighted by atomic mass is 16.7. The number of hydrogen-bond donors (Lipinski definition) is 4. The van der Waals surface area contributed by atoms with Crippen LogP contribution in [-0.4, -0.2) is 85.0 Å². The Labute approximate surface area is 162 Å². The fourth-order valence-corrected chi connectivity index (χ4v) is 2.82. The molecule has 0 saturated carbocycles. The number of hydrogen-bond acceptors (Lipinski definition) is 10. The minimum absolute atomic E-state index is 0.0937. The van der Waals surface area contributed by atoms with Crippen LogP contribution >= 0.6 is 0 Å². The van der Waals surface area contributed by atoms with Gasteiger partial charge in [-0.1, -0.05) is 0 Å². The maximum absolute atomic E-state index is 11.4. The fraction of sp³-hybridized carbons (Fsp3) is 0.611. The Kier molecular flexibility index (Phi) is 7.84. The van der Waals surface area contributed by atoms with Crippen molar-refractivity contribution in [2.75, 3.05) is 27.9 Å². The molecule has 1 aliphatic heterocycles. The van der Waals surface area contributed by atoms with E-state index in [0.717, 1.165) is 5.56 Å². The molecule has 10 nitrogen and oxygen atoms in total. The molecule has 1 aromatic rings. The zero-order valence-electron chi connectivity index (χ0n) is 15.9. The number of carbonyl (C=O) groups excluding carboxylic acids is 1. The van der Waals surface area contributed by atoms with Gasteiger partial charge in [0.05, 0.1) is 27.9 Å². The summed E-state index contributed by atoms with van der Waals surface area (Å²) in [6.45, 7) is -0.578. The lowest BCUT2D eigenvalue weighted by molar-refractivity contribution is -0.277. The molecule has 1 fully saturated rings. The highest BCUT2D eigenvalue weighted by molar-refractivity contribution is 5.69. The third kappa shape index (κ3) is 4.83. The molecule has 28 heavy (non-hydrogen) atoms. The molecular weight excluding hydrogens is 376 g/mol. The maximum atomic E-state index is 11.4. The van der Waals surface area contributed by atoms with E-state index in [1.54, 1.807) is 12.1 Å². The summed E-state index contributed by atoms with van der Waals surface area (Å²) in [5.74, 6) is 0.225. The van der Waals surface area contributed by atoms with Gasteiger partial charge in [-0.15, -0.1) is 0 Å². The number of benzene rings is 1. The molecule has 0 radical (unpaired) electrons. The van der Waals surface area contributed by atoms with Crippen molar-refractivity contribution < 1.29 is 48.9 Å². The van der Waals surface area contributed by atoms with E-state index in [-0.39, 0.29) is 29.6 Å². The Morgan fingerprint density at radius 1 is 1.04 bits per heavy atom. The molecule has 5 atom stereocenters. The molecule has 4 N–H and O–H groups in total. The molecule has 10 heteroatoms.